The summed E-state index contributed by atoms with van der Waals surface area (Å²) in [5.74, 6) is -0.423. The maximum Gasteiger partial charge on any atom is 0.255 e. The summed E-state index contributed by atoms with van der Waals surface area (Å²) in [6.07, 6.45) is 5.20. The fourth-order valence-electron chi connectivity index (χ4n) is 5.72. The molecule has 11 heteroatoms. The first-order valence-electron chi connectivity index (χ1n) is 12.6. The first-order chi connectivity index (χ1) is 19.1. The molecule has 1 atom stereocenters. The summed E-state index contributed by atoms with van der Waals surface area (Å²) in [4.78, 5) is 14.3. The summed E-state index contributed by atoms with van der Waals surface area (Å²) >= 11 is 13.2. The van der Waals surface area contributed by atoms with Gasteiger partial charge in [-0.2, -0.15) is 0 Å². The number of benzene rings is 3. The van der Waals surface area contributed by atoms with E-state index < -0.39 is 21.3 Å². The zero-order valence-electron chi connectivity index (χ0n) is 21.7. The van der Waals surface area contributed by atoms with E-state index >= 15 is 0 Å². The topological polar surface area (TPSA) is 98.9 Å². The third-order valence-corrected chi connectivity index (χ3v) is 9.31. The molecule has 6 rings (SSSR count). The highest BCUT2D eigenvalue weighted by Crippen LogP contribution is 2.41. The average Bonchev–Trinajstić information content (AvgIpc) is 3.55. The van der Waals surface area contributed by atoms with Crippen molar-refractivity contribution >= 4 is 49.8 Å². The molecule has 2 aromatic heterocycles. The molecule has 3 heterocycles. The predicted octanol–water partition coefficient (Wildman–Crippen LogP) is 5.51. The first kappa shape index (κ1) is 26.6. The van der Waals surface area contributed by atoms with Gasteiger partial charge in [-0.3, -0.25) is 9.36 Å². The molecule has 0 fully saturated rings. The third-order valence-electron chi connectivity index (χ3n) is 7.51. The summed E-state index contributed by atoms with van der Waals surface area (Å²) in [7, 11) is -3.50. The molecule has 0 saturated carbocycles. The lowest BCUT2D eigenvalue weighted by molar-refractivity contribution is 0.0867. The highest BCUT2D eigenvalue weighted by atomic mass is 35.5. The number of nitrogens with zero attached hydrogens (tertiary/aromatic N) is 4. The number of carbonyl (C=O) groups is 1. The van der Waals surface area contributed by atoms with Gasteiger partial charge in [0.05, 0.1) is 38.3 Å². The fourth-order valence-corrected chi connectivity index (χ4v) is 7.57. The van der Waals surface area contributed by atoms with Crippen LogP contribution in [-0.2, 0) is 28.3 Å². The van der Waals surface area contributed by atoms with Crippen molar-refractivity contribution in [3.63, 3.8) is 0 Å². The van der Waals surface area contributed by atoms with Crippen LogP contribution in [0.15, 0.2) is 78.2 Å². The lowest BCUT2D eigenvalue weighted by atomic mass is 9.82. The maximum atomic E-state index is 13.9. The van der Waals surface area contributed by atoms with Crippen molar-refractivity contribution in [2.75, 3.05) is 6.26 Å². The molecular weight excluding hydrogens is 569 g/mol. The Hall–Kier alpha value is -3.66. The van der Waals surface area contributed by atoms with Crippen LogP contribution in [0, 0.1) is 6.92 Å². The van der Waals surface area contributed by atoms with Crippen LogP contribution >= 0.6 is 23.2 Å². The molecule has 0 aliphatic carbocycles. The lowest BCUT2D eigenvalue weighted by Crippen LogP contribution is -2.51. The molecule has 1 aliphatic rings. The molecule has 1 N–H and O–H groups in total. The highest BCUT2D eigenvalue weighted by molar-refractivity contribution is 7.91. The Labute approximate surface area is 241 Å². The molecule has 204 valence electrons. The molecule has 3 aromatic carbocycles. The quantitative estimate of drug-likeness (QED) is 0.289. The van der Waals surface area contributed by atoms with Crippen LogP contribution in [0.3, 0.4) is 0 Å². The van der Waals surface area contributed by atoms with Crippen molar-refractivity contribution in [2.45, 2.75) is 36.7 Å². The molecule has 1 unspecified atom stereocenters. The number of fused-ring (bicyclic) bond motifs is 3. The summed E-state index contributed by atoms with van der Waals surface area (Å²) < 4.78 is 29.6. The molecule has 8 nitrogen and oxygen atoms in total. The van der Waals surface area contributed by atoms with Crippen molar-refractivity contribution in [1.82, 2.24) is 24.6 Å². The average molecular weight is 595 g/mol. The van der Waals surface area contributed by atoms with Gasteiger partial charge in [0.25, 0.3) is 5.91 Å². The zero-order valence-corrected chi connectivity index (χ0v) is 24.1. The summed E-state index contributed by atoms with van der Waals surface area (Å²) in [5, 5.41) is 11.9. The summed E-state index contributed by atoms with van der Waals surface area (Å²) in [6.45, 7) is 2.28. The second kappa shape index (κ2) is 9.76. The van der Waals surface area contributed by atoms with Gasteiger partial charge in [0.2, 0.25) is 0 Å². The Kier molecular flexibility index (Phi) is 6.48. The minimum absolute atomic E-state index is 0.158. The van der Waals surface area contributed by atoms with E-state index in [1.54, 1.807) is 16.7 Å². The number of carbonyl (C=O) groups excluding carboxylic acids is 1. The number of aromatic nitrogens is 4. The van der Waals surface area contributed by atoms with Gasteiger partial charge in [-0.1, -0.05) is 65.2 Å². The van der Waals surface area contributed by atoms with Gasteiger partial charge in [0.15, 0.2) is 9.84 Å². The van der Waals surface area contributed by atoms with Crippen molar-refractivity contribution in [3.8, 4) is 5.69 Å². The third kappa shape index (κ3) is 4.48. The molecule has 0 saturated heterocycles. The summed E-state index contributed by atoms with van der Waals surface area (Å²) in [6, 6.07) is 18.8. The van der Waals surface area contributed by atoms with Crippen molar-refractivity contribution in [2.24, 2.45) is 0 Å². The number of hydrogen-bond donors (Lipinski definition) is 1. The van der Waals surface area contributed by atoms with Crippen LogP contribution in [0.4, 0.5) is 0 Å². The van der Waals surface area contributed by atoms with E-state index in [4.69, 9.17) is 23.2 Å². The minimum Gasteiger partial charge on any atom is -0.341 e. The number of sulfone groups is 1. The smallest absolute Gasteiger partial charge is 0.255 e. The van der Waals surface area contributed by atoms with Gasteiger partial charge in [-0.05, 0) is 49.6 Å². The van der Waals surface area contributed by atoms with Gasteiger partial charge in [-0.15, -0.1) is 10.2 Å². The van der Waals surface area contributed by atoms with Crippen molar-refractivity contribution < 1.29 is 13.2 Å². The zero-order chi connectivity index (χ0) is 28.2. The highest BCUT2D eigenvalue weighted by Gasteiger charge is 2.41. The standard InChI is InChI=1S/C29H25Cl2N5O3S/c1-18-8-9-24-21(12-18)27(40(2,38)39)25-10-11-29(15-36(24)25,19-6-4-3-5-7-19)34-28(37)26-22(30)13-20(14-23(26)31)35-16-32-33-17-35/h3-9,12-14,16-17H,10-11,15H2,1-2H3,(H,34,37). The first-order valence-corrected chi connectivity index (χ1v) is 15.3. The number of amides is 1. The Balaban J connectivity index is 1.46. The number of rotatable bonds is 5. The molecule has 1 amide bonds. The number of nitrogens with one attached hydrogen (secondary N) is 1. The monoisotopic (exact) mass is 593 g/mol. The Morgan fingerprint density at radius 1 is 1.00 bits per heavy atom. The van der Waals surface area contributed by atoms with Gasteiger partial charge in [0.1, 0.15) is 12.7 Å². The molecule has 0 bridgehead atoms. The molecule has 5 aromatic rings. The fraction of sp³-hybridized carbons (Fsp3) is 0.207. The van der Waals surface area contributed by atoms with Crippen LogP contribution < -0.4 is 5.32 Å². The van der Waals surface area contributed by atoms with Crippen LogP contribution in [-0.4, -0.2) is 39.9 Å². The molecule has 0 spiro atoms. The van der Waals surface area contributed by atoms with E-state index in [0.29, 0.717) is 35.4 Å². The van der Waals surface area contributed by atoms with Crippen LogP contribution in [0.1, 0.15) is 33.6 Å². The van der Waals surface area contributed by atoms with E-state index in [1.165, 1.54) is 18.9 Å². The van der Waals surface area contributed by atoms with Crippen molar-refractivity contribution in [3.05, 3.63) is 106 Å². The Bertz CT molecular complexity index is 1860. The second-order valence-electron chi connectivity index (χ2n) is 10.2. The van der Waals surface area contributed by atoms with Gasteiger partial charge >= 0.3 is 0 Å². The summed E-state index contributed by atoms with van der Waals surface area (Å²) in [5.41, 5.74) is 3.36. The molecule has 40 heavy (non-hydrogen) atoms. The maximum absolute atomic E-state index is 13.9. The molecular formula is C29H25Cl2N5O3S. The molecule has 1 aliphatic heterocycles. The van der Waals surface area contributed by atoms with E-state index in [9.17, 15) is 13.2 Å². The van der Waals surface area contributed by atoms with E-state index in [1.807, 2.05) is 60.0 Å². The van der Waals surface area contributed by atoms with Crippen LogP contribution in [0.2, 0.25) is 10.0 Å². The normalized spacial score (nSPS) is 17.1. The second-order valence-corrected chi connectivity index (χ2v) is 13.0. The Morgan fingerprint density at radius 3 is 2.33 bits per heavy atom. The largest absolute Gasteiger partial charge is 0.341 e. The predicted molar refractivity (Wildman–Crippen MR) is 155 cm³/mol. The number of hydrogen-bond acceptors (Lipinski definition) is 5. The molecule has 0 radical (unpaired) electrons. The van der Waals surface area contributed by atoms with Gasteiger partial charge in [0, 0.05) is 22.9 Å². The van der Waals surface area contributed by atoms with Crippen LogP contribution in [0.5, 0.6) is 0 Å². The lowest BCUT2D eigenvalue weighted by Gasteiger charge is -2.40. The van der Waals surface area contributed by atoms with Crippen molar-refractivity contribution in [1.29, 1.82) is 0 Å². The Morgan fingerprint density at radius 2 is 1.68 bits per heavy atom. The van der Waals surface area contributed by atoms with E-state index in [-0.39, 0.29) is 15.6 Å². The number of aryl methyl sites for hydroxylation is 1. The van der Waals surface area contributed by atoms with E-state index in [0.717, 1.165) is 22.3 Å². The SMILES string of the molecule is Cc1ccc2c(c1)c(S(C)(=O)=O)c1n2CC(NC(=O)c2c(Cl)cc(-n3cnnc3)cc2Cl)(c2ccccc2)CC1. The van der Waals surface area contributed by atoms with Crippen LogP contribution in [0.25, 0.3) is 16.6 Å². The minimum atomic E-state index is -3.50. The van der Waals surface area contributed by atoms with Gasteiger partial charge < -0.3 is 9.88 Å². The van der Waals surface area contributed by atoms with Gasteiger partial charge in [-0.25, -0.2) is 8.42 Å². The van der Waals surface area contributed by atoms with E-state index in [2.05, 4.69) is 15.5 Å². The number of halogens is 2.